The van der Waals surface area contributed by atoms with Crippen molar-refractivity contribution in [3.05, 3.63) is 65.3 Å². The molecule has 0 radical (unpaired) electrons. The summed E-state index contributed by atoms with van der Waals surface area (Å²) in [6.07, 6.45) is 1.71. The van der Waals surface area contributed by atoms with Crippen molar-refractivity contribution in [3.8, 4) is 11.3 Å². The molecule has 0 aliphatic heterocycles. The van der Waals surface area contributed by atoms with Crippen LogP contribution < -0.4 is 10.5 Å². The lowest BCUT2D eigenvalue weighted by atomic mass is 10.1. The van der Waals surface area contributed by atoms with Crippen molar-refractivity contribution in [3.63, 3.8) is 0 Å². The second-order valence-electron chi connectivity index (χ2n) is 4.96. The van der Waals surface area contributed by atoms with Crippen LogP contribution in [0.2, 0.25) is 5.02 Å². The molecule has 0 amide bonds. The van der Waals surface area contributed by atoms with E-state index in [0.29, 0.717) is 10.8 Å². The Kier molecular flexibility index (Phi) is 4.69. The van der Waals surface area contributed by atoms with E-state index in [4.69, 9.17) is 17.3 Å². The standard InChI is InChI=1S/C17H15ClN4S/c1-11-4-2-3-5-13(11)17-14(18)7-9-16(21-17)22-23-12-6-8-15(19)20-10-12/h2-10H,1H3,(H2,19,20)(H,21,22). The number of aryl methyl sites for hydroxylation is 1. The number of nitrogens with zero attached hydrogens (tertiary/aromatic N) is 2. The van der Waals surface area contributed by atoms with Gasteiger partial charge in [-0.2, -0.15) is 0 Å². The summed E-state index contributed by atoms with van der Waals surface area (Å²) in [5.41, 5.74) is 8.51. The van der Waals surface area contributed by atoms with Crippen molar-refractivity contribution in [1.29, 1.82) is 0 Å². The Labute approximate surface area is 144 Å². The van der Waals surface area contributed by atoms with Crippen LogP contribution in [0.15, 0.2) is 59.6 Å². The molecule has 0 saturated carbocycles. The lowest BCUT2D eigenvalue weighted by Crippen LogP contribution is -1.95. The molecular formula is C17H15ClN4S. The summed E-state index contributed by atoms with van der Waals surface area (Å²) in [5, 5.41) is 0.629. The molecule has 0 spiro atoms. The van der Waals surface area contributed by atoms with Crippen LogP contribution in [0.25, 0.3) is 11.3 Å². The highest BCUT2D eigenvalue weighted by atomic mass is 35.5. The van der Waals surface area contributed by atoms with E-state index in [1.165, 1.54) is 11.9 Å². The molecule has 3 N–H and O–H groups in total. The Hall–Kier alpha value is -2.24. The van der Waals surface area contributed by atoms with Crippen LogP contribution in [0.1, 0.15) is 5.56 Å². The van der Waals surface area contributed by atoms with Crippen molar-refractivity contribution in [2.24, 2.45) is 0 Å². The zero-order valence-corrected chi connectivity index (χ0v) is 14.0. The Bertz CT molecular complexity index is 821. The van der Waals surface area contributed by atoms with Gasteiger partial charge in [-0.1, -0.05) is 35.9 Å². The molecule has 0 unspecified atom stereocenters. The highest BCUT2D eigenvalue weighted by molar-refractivity contribution is 8.00. The molecular weight excluding hydrogens is 328 g/mol. The molecule has 6 heteroatoms. The van der Waals surface area contributed by atoms with Crippen molar-refractivity contribution < 1.29 is 0 Å². The molecule has 0 aliphatic rings. The van der Waals surface area contributed by atoms with Gasteiger partial charge in [0.15, 0.2) is 0 Å². The Morgan fingerprint density at radius 1 is 1.09 bits per heavy atom. The third-order valence-corrected chi connectivity index (χ3v) is 4.37. The van der Waals surface area contributed by atoms with E-state index in [1.54, 1.807) is 12.3 Å². The number of benzene rings is 1. The third kappa shape index (κ3) is 3.75. The van der Waals surface area contributed by atoms with Crippen LogP contribution in [-0.2, 0) is 0 Å². The van der Waals surface area contributed by atoms with E-state index < -0.39 is 0 Å². The van der Waals surface area contributed by atoms with E-state index in [-0.39, 0.29) is 0 Å². The highest BCUT2D eigenvalue weighted by Crippen LogP contribution is 2.30. The minimum atomic E-state index is 0.501. The molecule has 2 aromatic heterocycles. The van der Waals surface area contributed by atoms with Crippen LogP contribution >= 0.6 is 23.5 Å². The molecule has 116 valence electrons. The molecule has 0 atom stereocenters. The van der Waals surface area contributed by atoms with E-state index >= 15 is 0 Å². The summed E-state index contributed by atoms with van der Waals surface area (Å²) in [6.45, 7) is 2.04. The number of hydrogen-bond donors (Lipinski definition) is 2. The first kappa shape index (κ1) is 15.6. The lowest BCUT2D eigenvalue weighted by Gasteiger charge is -2.10. The van der Waals surface area contributed by atoms with Crippen LogP contribution in [0.3, 0.4) is 0 Å². The monoisotopic (exact) mass is 342 g/mol. The Morgan fingerprint density at radius 2 is 1.91 bits per heavy atom. The molecule has 2 heterocycles. The van der Waals surface area contributed by atoms with Crippen LogP contribution in [0.5, 0.6) is 0 Å². The molecule has 23 heavy (non-hydrogen) atoms. The Morgan fingerprint density at radius 3 is 2.65 bits per heavy atom. The number of aromatic nitrogens is 2. The number of hydrogen-bond acceptors (Lipinski definition) is 5. The molecule has 3 aromatic rings. The summed E-state index contributed by atoms with van der Waals surface area (Å²) in [5.74, 6) is 1.23. The van der Waals surface area contributed by atoms with Gasteiger partial charge in [-0.15, -0.1) is 0 Å². The summed E-state index contributed by atoms with van der Waals surface area (Å²) in [4.78, 5) is 9.64. The molecule has 0 saturated heterocycles. The second-order valence-corrected chi connectivity index (χ2v) is 6.25. The SMILES string of the molecule is Cc1ccccc1-c1nc(NSc2ccc(N)nc2)ccc1Cl. The number of nitrogens with two attached hydrogens (primary N) is 1. The van der Waals surface area contributed by atoms with Crippen molar-refractivity contribution in [1.82, 2.24) is 9.97 Å². The van der Waals surface area contributed by atoms with Gasteiger partial charge in [0, 0.05) is 16.7 Å². The summed E-state index contributed by atoms with van der Waals surface area (Å²) in [7, 11) is 0. The summed E-state index contributed by atoms with van der Waals surface area (Å²) >= 11 is 7.74. The van der Waals surface area contributed by atoms with Crippen molar-refractivity contribution >= 4 is 35.2 Å². The number of halogens is 1. The van der Waals surface area contributed by atoms with Gasteiger partial charge in [-0.3, -0.25) is 0 Å². The first-order chi connectivity index (χ1) is 11.1. The summed E-state index contributed by atoms with van der Waals surface area (Å²) < 4.78 is 3.20. The molecule has 0 fully saturated rings. The fourth-order valence-corrected chi connectivity index (χ4v) is 2.87. The minimum Gasteiger partial charge on any atom is -0.384 e. The van der Waals surface area contributed by atoms with Crippen LogP contribution in [-0.4, -0.2) is 9.97 Å². The molecule has 0 aliphatic carbocycles. The fraction of sp³-hybridized carbons (Fsp3) is 0.0588. The van der Waals surface area contributed by atoms with Gasteiger partial charge in [-0.25, -0.2) is 9.97 Å². The van der Waals surface area contributed by atoms with Crippen molar-refractivity contribution in [2.45, 2.75) is 11.8 Å². The van der Waals surface area contributed by atoms with Gasteiger partial charge in [-0.05, 0) is 48.7 Å². The first-order valence-electron chi connectivity index (χ1n) is 7.00. The number of anilines is 2. The predicted octanol–water partition coefficient (Wildman–Crippen LogP) is 4.81. The fourth-order valence-electron chi connectivity index (χ4n) is 2.09. The number of nitrogens with one attached hydrogen (secondary N) is 1. The largest absolute Gasteiger partial charge is 0.384 e. The molecule has 3 rings (SSSR count). The first-order valence-corrected chi connectivity index (χ1v) is 8.20. The molecule has 1 aromatic carbocycles. The number of pyridine rings is 2. The maximum atomic E-state index is 6.32. The average molecular weight is 343 g/mol. The van der Waals surface area contributed by atoms with Crippen LogP contribution in [0, 0.1) is 6.92 Å². The predicted molar refractivity (Wildman–Crippen MR) is 97.5 cm³/mol. The maximum absolute atomic E-state index is 6.32. The van der Waals surface area contributed by atoms with Gasteiger partial charge in [0.1, 0.15) is 11.6 Å². The maximum Gasteiger partial charge on any atom is 0.136 e. The van der Waals surface area contributed by atoms with Gasteiger partial charge in [0.25, 0.3) is 0 Å². The van der Waals surface area contributed by atoms with E-state index in [0.717, 1.165) is 27.5 Å². The quantitative estimate of drug-likeness (QED) is 0.666. The van der Waals surface area contributed by atoms with Gasteiger partial charge >= 0.3 is 0 Å². The zero-order valence-electron chi connectivity index (χ0n) is 12.5. The van der Waals surface area contributed by atoms with E-state index in [9.17, 15) is 0 Å². The Balaban J connectivity index is 1.83. The number of nitrogen functional groups attached to an aromatic ring is 1. The third-order valence-electron chi connectivity index (χ3n) is 3.28. The van der Waals surface area contributed by atoms with Gasteiger partial charge in [0.2, 0.25) is 0 Å². The molecule has 4 nitrogen and oxygen atoms in total. The zero-order chi connectivity index (χ0) is 16.2. The second kappa shape index (κ2) is 6.89. The van der Waals surface area contributed by atoms with Gasteiger partial charge in [0.05, 0.1) is 10.7 Å². The van der Waals surface area contributed by atoms with Crippen LogP contribution in [0.4, 0.5) is 11.6 Å². The highest BCUT2D eigenvalue weighted by Gasteiger charge is 2.09. The smallest absolute Gasteiger partial charge is 0.136 e. The minimum absolute atomic E-state index is 0.501. The van der Waals surface area contributed by atoms with Gasteiger partial charge < -0.3 is 10.5 Å². The normalized spacial score (nSPS) is 10.5. The van der Waals surface area contributed by atoms with E-state index in [2.05, 4.69) is 14.7 Å². The summed E-state index contributed by atoms with van der Waals surface area (Å²) in [6, 6.07) is 15.4. The van der Waals surface area contributed by atoms with E-state index in [1.807, 2.05) is 49.4 Å². The topological polar surface area (TPSA) is 63.8 Å². The lowest BCUT2D eigenvalue weighted by molar-refractivity contribution is 1.25. The van der Waals surface area contributed by atoms with Crippen molar-refractivity contribution in [2.75, 3.05) is 10.5 Å². The molecule has 0 bridgehead atoms. The average Bonchev–Trinajstić information content (AvgIpc) is 2.56. The number of rotatable bonds is 4.